The van der Waals surface area contributed by atoms with Gasteiger partial charge in [0.25, 0.3) is 0 Å². The first-order chi connectivity index (χ1) is 9.69. The van der Waals surface area contributed by atoms with E-state index in [-0.39, 0.29) is 10.8 Å². The summed E-state index contributed by atoms with van der Waals surface area (Å²) in [5.41, 5.74) is 0.900. The van der Waals surface area contributed by atoms with Gasteiger partial charge in [-0.2, -0.15) is 0 Å². The molecule has 0 aromatic heterocycles. The highest BCUT2D eigenvalue weighted by atomic mass is 35.5. The number of benzene rings is 1. The van der Waals surface area contributed by atoms with E-state index >= 15 is 0 Å². The number of nitrogens with one attached hydrogen (secondary N) is 1. The van der Waals surface area contributed by atoms with E-state index in [4.69, 9.17) is 11.6 Å². The van der Waals surface area contributed by atoms with Crippen molar-refractivity contribution in [1.29, 1.82) is 0 Å². The van der Waals surface area contributed by atoms with Crippen LogP contribution in [0.3, 0.4) is 0 Å². The van der Waals surface area contributed by atoms with Crippen molar-refractivity contribution >= 4 is 11.6 Å². The van der Waals surface area contributed by atoms with Gasteiger partial charge in [-0.05, 0) is 31.5 Å². The molecule has 0 heterocycles. The van der Waals surface area contributed by atoms with Gasteiger partial charge in [0.05, 0.1) is 5.02 Å². The molecule has 1 unspecified atom stereocenters. The fourth-order valence-corrected chi connectivity index (χ4v) is 2.69. The Morgan fingerprint density at radius 3 is 2.55 bits per heavy atom. The number of halogens is 2. The SMILES string of the molecule is CCCCCCCCC(Cc1cccc(F)c1Cl)NC. The summed E-state index contributed by atoms with van der Waals surface area (Å²) in [5.74, 6) is -0.321. The molecular weight excluding hydrogens is 273 g/mol. The standard InChI is InChI=1S/C17H27ClFN/c1-3-4-5-6-7-8-11-15(20-2)13-14-10-9-12-16(19)17(14)18/h9-10,12,15,20H,3-8,11,13H2,1-2H3. The minimum absolute atomic E-state index is 0.274. The maximum atomic E-state index is 13.4. The number of likely N-dealkylation sites (N-methyl/N-ethyl adjacent to an activating group) is 1. The van der Waals surface area contributed by atoms with Crippen LogP contribution in [0, 0.1) is 5.82 Å². The Morgan fingerprint density at radius 1 is 1.15 bits per heavy atom. The Bertz CT molecular complexity index is 381. The lowest BCUT2D eigenvalue weighted by Crippen LogP contribution is -2.27. The van der Waals surface area contributed by atoms with Gasteiger partial charge in [0, 0.05) is 6.04 Å². The molecule has 0 spiro atoms. The third-order valence-corrected chi connectivity index (χ3v) is 4.24. The summed E-state index contributed by atoms with van der Waals surface area (Å²) in [6.45, 7) is 2.24. The second-order valence-corrected chi connectivity index (χ2v) is 5.84. The van der Waals surface area contributed by atoms with Crippen LogP contribution < -0.4 is 5.32 Å². The molecule has 1 rings (SSSR count). The van der Waals surface area contributed by atoms with Crippen molar-refractivity contribution in [3.8, 4) is 0 Å². The first kappa shape index (κ1) is 17.5. The van der Waals surface area contributed by atoms with Crippen molar-refractivity contribution in [3.05, 3.63) is 34.6 Å². The molecule has 0 aliphatic carbocycles. The molecule has 0 saturated heterocycles. The predicted octanol–water partition coefficient (Wildman–Crippen LogP) is 5.36. The molecule has 20 heavy (non-hydrogen) atoms. The molecule has 1 aromatic carbocycles. The Hall–Kier alpha value is -0.600. The average Bonchev–Trinajstić information content (AvgIpc) is 2.46. The molecule has 1 nitrogen and oxygen atoms in total. The molecule has 0 radical (unpaired) electrons. The highest BCUT2D eigenvalue weighted by Crippen LogP contribution is 2.22. The van der Waals surface area contributed by atoms with Crippen LogP contribution in [0.1, 0.15) is 57.4 Å². The van der Waals surface area contributed by atoms with Crippen molar-refractivity contribution in [1.82, 2.24) is 5.32 Å². The van der Waals surface area contributed by atoms with E-state index in [2.05, 4.69) is 12.2 Å². The molecule has 0 aliphatic heterocycles. The van der Waals surface area contributed by atoms with Gasteiger partial charge in [-0.3, -0.25) is 0 Å². The van der Waals surface area contributed by atoms with Gasteiger partial charge in [-0.25, -0.2) is 4.39 Å². The van der Waals surface area contributed by atoms with Crippen molar-refractivity contribution < 1.29 is 4.39 Å². The largest absolute Gasteiger partial charge is 0.317 e. The molecule has 1 N–H and O–H groups in total. The summed E-state index contributed by atoms with van der Waals surface area (Å²) < 4.78 is 13.4. The second-order valence-electron chi connectivity index (χ2n) is 5.46. The number of rotatable bonds is 10. The molecule has 0 fully saturated rings. The molecule has 3 heteroatoms. The van der Waals surface area contributed by atoms with Gasteiger partial charge in [0.1, 0.15) is 5.82 Å². The lowest BCUT2D eigenvalue weighted by atomic mass is 9.99. The highest BCUT2D eigenvalue weighted by molar-refractivity contribution is 6.31. The summed E-state index contributed by atoms with van der Waals surface area (Å²) in [4.78, 5) is 0. The Labute approximate surface area is 127 Å². The van der Waals surface area contributed by atoms with Crippen molar-refractivity contribution in [3.63, 3.8) is 0 Å². The monoisotopic (exact) mass is 299 g/mol. The quantitative estimate of drug-likeness (QED) is 0.573. The fourth-order valence-electron chi connectivity index (χ4n) is 2.49. The maximum Gasteiger partial charge on any atom is 0.142 e. The summed E-state index contributed by atoms with van der Waals surface area (Å²) in [6, 6.07) is 5.43. The lowest BCUT2D eigenvalue weighted by Gasteiger charge is -2.17. The van der Waals surface area contributed by atoms with Gasteiger partial charge in [0.15, 0.2) is 0 Å². The maximum absolute atomic E-state index is 13.4. The van der Waals surface area contributed by atoms with E-state index in [1.807, 2.05) is 13.1 Å². The zero-order valence-electron chi connectivity index (χ0n) is 12.7. The Kier molecular flexibility index (Phi) is 8.88. The van der Waals surface area contributed by atoms with Crippen LogP contribution in [0.15, 0.2) is 18.2 Å². The van der Waals surface area contributed by atoms with Crippen LogP contribution in [0.2, 0.25) is 5.02 Å². The van der Waals surface area contributed by atoms with E-state index in [0.717, 1.165) is 18.4 Å². The van der Waals surface area contributed by atoms with Crippen LogP contribution in [-0.2, 0) is 6.42 Å². The van der Waals surface area contributed by atoms with Crippen molar-refractivity contribution in [2.45, 2.75) is 64.3 Å². The van der Waals surface area contributed by atoms with Crippen molar-refractivity contribution in [2.75, 3.05) is 7.05 Å². The average molecular weight is 300 g/mol. The van der Waals surface area contributed by atoms with E-state index < -0.39 is 0 Å². The number of unbranched alkanes of at least 4 members (excludes halogenated alkanes) is 5. The van der Waals surface area contributed by atoms with Gasteiger partial charge >= 0.3 is 0 Å². The smallest absolute Gasteiger partial charge is 0.142 e. The minimum Gasteiger partial charge on any atom is -0.317 e. The van der Waals surface area contributed by atoms with Gasteiger partial charge in [-0.15, -0.1) is 0 Å². The zero-order valence-corrected chi connectivity index (χ0v) is 13.5. The van der Waals surface area contributed by atoms with E-state index in [0.29, 0.717) is 6.04 Å². The zero-order chi connectivity index (χ0) is 14.8. The number of hydrogen-bond donors (Lipinski definition) is 1. The highest BCUT2D eigenvalue weighted by Gasteiger charge is 2.11. The summed E-state index contributed by atoms with van der Waals surface area (Å²) in [7, 11) is 1.97. The molecule has 0 amide bonds. The molecule has 1 atom stereocenters. The van der Waals surface area contributed by atoms with E-state index in [1.165, 1.54) is 44.6 Å². The Balaban J connectivity index is 2.34. The Morgan fingerprint density at radius 2 is 1.85 bits per heavy atom. The second kappa shape index (κ2) is 10.2. The van der Waals surface area contributed by atoms with Gasteiger partial charge in [-0.1, -0.05) is 69.2 Å². The van der Waals surface area contributed by atoms with E-state index in [1.54, 1.807) is 6.07 Å². The molecule has 0 bridgehead atoms. The minimum atomic E-state index is -0.321. The van der Waals surface area contributed by atoms with Crippen LogP contribution in [-0.4, -0.2) is 13.1 Å². The van der Waals surface area contributed by atoms with E-state index in [9.17, 15) is 4.39 Å². The first-order valence-corrected chi connectivity index (χ1v) is 8.17. The molecule has 1 aromatic rings. The summed E-state index contributed by atoms with van der Waals surface area (Å²) in [6.07, 6.45) is 9.72. The normalized spacial score (nSPS) is 12.6. The van der Waals surface area contributed by atoms with Crippen LogP contribution >= 0.6 is 11.6 Å². The fraction of sp³-hybridized carbons (Fsp3) is 0.647. The molecule has 0 aliphatic rings. The third-order valence-electron chi connectivity index (χ3n) is 3.81. The topological polar surface area (TPSA) is 12.0 Å². The third kappa shape index (κ3) is 6.23. The first-order valence-electron chi connectivity index (χ1n) is 7.79. The molecule has 0 saturated carbocycles. The lowest BCUT2D eigenvalue weighted by molar-refractivity contribution is 0.479. The van der Waals surface area contributed by atoms with Gasteiger partial charge in [0.2, 0.25) is 0 Å². The van der Waals surface area contributed by atoms with Crippen LogP contribution in [0.5, 0.6) is 0 Å². The molecular formula is C17H27ClFN. The van der Waals surface area contributed by atoms with Gasteiger partial charge < -0.3 is 5.32 Å². The number of hydrogen-bond acceptors (Lipinski definition) is 1. The van der Waals surface area contributed by atoms with Crippen LogP contribution in [0.25, 0.3) is 0 Å². The van der Waals surface area contributed by atoms with Crippen molar-refractivity contribution in [2.24, 2.45) is 0 Å². The van der Waals surface area contributed by atoms with Crippen LogP contribution in [0.4, 0.5) is 4.39 Å². The summed E-state index contributed by atoms with van der Waals surface area (Å²) >= 11 is 6.01. The molecule has 114 valence electrons. The predicted molar refractivity (Wildman–Crippen MR) is 86.0 cm³/mol. The summed E-state index contributed by atoms with van der Waals surface area (Å²) in [5, 5.41) is 3.59.